The summed E-state index contributed by atoms with van der Waals surface area (Å²) in [5, 5.41) is 13.3. The highest BCUT2D eigenvalue weighted by Gasteiger charge is 2.19. The summed E-state index contributed by atoms with van der Waals surface area (Å²) in [6.07, 6.45) is 0. The molecule has 1 aromatic rings. The van der Waals surface area contributed by atoms with Crippen molar-refractivity contribution in [3.8, 4) is 5.75 Å². The van der Waals surface area contributed by atoms with Gasteiger partial charge < -0.3 is 20.1 Å². The van der Waals surface area contributed by atoms with Crippen molar-refractivity contribution in [3.05, 3.63) is 29.3 Å². The smallest absolute Gasteiger partial charge is 0.194 e. The average Bonchev–Trinajstić information content (AvgIpc) is 2.67. The Kier molecular flexibility index (Phi) is 12.1. The lowest BCUT2D eigenvalue weighted by Gasteiger charge is -2.36. The SMILES string of the molecule is CCNC(=NCC(C)CO)N1CCN(CCOc2ccc(Cl)cc2)CC1.I. The zero-order valence-corrected chi connectivity index (χ0v) is 19.3. The minimum Gasteiger partial charge on any atom is -0.492 e. The van der Waals surface area contributed by atoms with E-state index in [0.717, 1.165) is 56.0 Å². The molecule has 1 atom stereocenters. The molecule has 1 unspecified atom stereocenters. The average molecular weight is 511 g/mol. The molecular weight excluding hydrogens is 479 g/mol. The molecule has 1 heterocycles. The van der Waals surface area contributed by atoms with Crippen LogP contribution in [0.15, 0.2) is 29.3 Å². The number of aliphatic hydroxyl groups excluding tert-OH is 1. The largest absolute Gasteiger partial charge is 0.492 e. The summed E-state index contributed by atoms with van der Waals surface area (Å²) in [4.78, 5) is 9.36. The van der Waals surface area contributed by atoms with Crippen LogP contribution in [0.2, 0.25) is 5.02 Å². The highest BCUT2D eigenvalue weighted by atomic mass is 127. The third kappa shape index (κ3) is 8.85. The van der Waals surface area contributed by atoms with Crippen LogP contribution in [0.25, 0.3) is 0 Å². The number of piperazine rings is 1. The third-order valence-electron chi connectivity index (χ3n) is 4.36. The Morgan fingerprint density at radius 2 is 1.93 bits per heavy atom. The number of halogens is 2. The summed E-state index contributed by atoms with van der Waals surface area (Å²) in [7, 11) is 0. The Bertz CT molecular complexity index is 551. The Morgan fingerprint density at radius 1 is 1.26 bits per heavy atom. The van der Waals surface area contributed by atoms with Gasteiger partial charge in [0, 0.05) is 57.4 Å². The Hall–Kier alpha value is -0.770. The Labute approximate surface area is 184 Å². The van der Waals surface area contributed by atoms with Gasteiger partial charge in [0.15, 0.2) is 5.96 Å². The zero-order valence-electron chi connectivity index (χ0n) is 16.2. The molecule has 2 N–H and O–H groups in total. The van der Waals surface area contributed by atoms with Crippen molar-refractivity contribution in [2.75, 3.05) is 59.0 Å². The van der Waals surface area contributed by atoms with Crippen molar-refractivity contribution in [2.24, 2.45) is 10.9 Å². The van der Waals surface area contributed by atoms with E-state index in [4.69, 9.17) is 16.3 Å². The minimum absolute atomic E-state index is 0. The quantitative estimate of drug-likeness (QED) is 0.320. The normalized spacial score (nSPS) is 16.6. The fourth-order valence-electron chi connectivity index (χ4n) is 2.73. The summed E-state index contributed by atoms with van der Waals surface area (Å²) in [6.45, 7) is 11.2. The van der Waals surface area contributed by atoms with Crippen molar-refractivity contribution >= 4 is 41.5 Å². The lowest BCUT2D eigenvalue weighted by Crippen LogP contribution is -2.53. The highest BCUT2D eigenvalue weighted by Crippen LogP contribution is 2.15. The van der Waals surface area contributed by atoms with Crippen LogP contribution >= 0.6 is 35.6 Å². The van der Waals surface area contributed by atoms with Gasteiger partial charge >= 0.3 is 0 Å². The first-order chi connectivity index (χ1) is 12.6. The van der Waals surface area contributed by atoms with Gasteiger partial charge in [-0.2, -0.15) is 0 Å². The lowest BCUT2D eigenvalue weighted by molar-refractivity contribution is 0.152. The molecule has 0 saturated carbocycles. The number of benzene rings is 1. The van der Waals surface area contributed by atoms with E-state index in [1.807, 2.05) is 31.2 Å². The number of rotatable bonds is 8. The Morgan fingerprint density at radius 3 is 2.52 bits per heavy atom. The van der Waals surface area contributed by atoms with Gasteiger partial charge in [0.05, 0.1) is 0 Å². The van der Waals surface area contributed by atoms with Crippen LogP contribution in [0.5, 0.6) is 5.75 Å². The second-order valence-corrected chi connectivity index (χ2v) is 7.05. The number of nitrogens with zero attached hydrogens (tertiary/aromatic N) is 3. The van der Waals surface area contributed by atoms with Crippen molar-refractivity contribution < 1.29 is 9.84 Å². The maximum absolute atomic E-state index is 9.17. The molecule has 2 rings (SSSR count). The lowest BCUT2D eigenvalue weighted by atomic mass is 10.2. The number of ether oxygens (including phenoxy) is 1. The van der Waals surface area contributed by atoms with E-state index in [2.05, 4.69) is 27.0 Å². The molecule has 27 heavy (non-hydrogen) atoms. The van der Waals surface area contributed by atoms with Crippen LogP contribution in [0.3, 0.4) is 0 Å². The summed E-state index contributed by atoms with van der Waals surface area (Å²) in [6, 6.07) is 7.48. The van der Waals surface area contributed by atoms with E-state index >= 15 is 0 Å². The van der Waals surface area contributed by atoms with Gasteiger partial charge in [-0.1, -0.05) is 18.5 Å². The number of nitrogens with one attached hydrogen (secondary N) is 1. The van der Waals surface area contributed by atoms with Crippen LogP contribution in [0.1, 0.15) is 13.8 Å². The molecule has 0 aromatic heterocycles. The minimum atomic E-state index is 0. The van der Waals surface area contributed by atoms with Crippen LogP contribution in [0.4, 0.5) is 0 Å². The molecule has 0 spiro atoms. The first-order valence-corrected chi connectivity index (χ1v) is 9.75. The van der Waals surface area contributed by atoms with Crippen LogP contribution in [0, 0.1) is 5.92 Å². The van der Waals surface area contributed by atoms with Crippen molar-refractivity contribution in [3.63, 3.8) is 0 Å². The Balaban J connectivity index is 0.00000364. The van der Waals surface area contributed by atoms with Gasteiger partial charge in [-0.05, 0) is 37.1 Å². The maximum Gasteiger partial charge on any atom is 0.194 e. The number of aliphatic hydroxyl groups is 1. The van der Waals surface area contributed by atoms with E-state index in [9.17, 15) is 5.11 Å². The fraction of sp³-hybridized carbons (Fsp3) is 0.632. The van der Waals surface area contributed by atoms with Crippen LogP contribution < -0.4 is 10.1 Å². The predicted octanol–water partition coefficient (Wildman–Crippen LogP) is 2.55. The molecule has 1 saturated heterocycles. The molecule has 1 fully saturated rings. The molecule has 1 aromatic carbocycles. The summed E-state index contributed by atoms with van der Waals surface area (Å²) >= 11 is 5.88. The maximum atomic E-state index is 9.17. The zero-order chi connectivity index (χ0) is 18.8. The molecule has 0 amide bonds. The van der Waals surface area contributed by atoms with Gasteiger partial charge in [0.25, 0.3) is 0 Å². The predicted molar refractivity (Wildman–Crippen MR) is 123 cm³/mol. The number of guanidine groups is 1. The second-order valence-electron chi connectivity index (χ2n) is 6.61. The van der Waals surface area contributed by atoms with Crippen LogP contribution in [-0.2, 0) is 0 Å². The first-order valence-electron chi connectivity index (χ1n) is 9.37. The van der Waals surface area contributed by atoms with E-state index < -0.39 is 0 Å². The molecule has 0 aliphatic carbocycles. The molecule has 8 heteroatoms. The van der Waals surface area contributed by atoms with Crippen molar-refractivity contribution in [1.82, 2.24) is 15.1 Å². The summed E-state index contributed by atoms with van der Waals surface area (Å²) in [5.41, 5.74) is 0. The molecule has 0 bridgehead atoms. The monoisotopic (exact) mass is 510 g/mol. The van der Waals surface area contributed by atoms with Crippen molar-refractivity contribution in [2.45, 2.75) is 13.8 Å². The molecular formula is C19H32ClIN4O2. The van der Waals surface area contributed by atoms with E-state index in [1.165, 1.54) is 0 Å². The van der Waals surface area contributed by atoms with E-state index in [-0.39, 0.29) is 36.5 Å². The molecule has 1 aliphatic rings. The standard InChI is InChI=1S/C19H31ClN4O2.HI/c1-3-21-19(22-14-16(2)15-25)24-10-8-23(9-11-24)12-13-26-18-6-4-17(20)5-7-18;/h4-7,16,25H,3,8-15H2,1-2H3,(H,21,22);1H. The van der Waals surface area contributed by atoms with E-state index in [0.29, 0.717) is 13.2 Å². The van der Waals surface area contributed by atoms with Crippen LogP contribution in [-0.4, -0.2) is 79.9 Å². The van der Waals surface area contributed by atoms with Gasteiger partial charge in [-0.25, -0.2) is 0 Å². The van der Waals surface area contributed by atoms with Crippen molar-refractivity contribution in [1.29, 1.82) is 0 Å². The van der Waals surface area contributed by atoms with Gasteiger partial charge in [0.2, 0.25) is 0 Å². The third-order valence-corrected chi connectivity index (χ3v) is 4.61. The fourth-order valence-corrected chi connectivity index (χ4v) is 2.86. The molecule has 0 radical (unpaired) electrons. The topological polar surface area (TPSA) is 60.3 Å². The van der Waals surface area contributed by atoms with Gasteiger partial charge in [0.1, 0.15) is 12.4 Å². The first kappa shape index (κ1) is 24.3. The second kappa shape index (κ2) is 13.4. The highest BCUT2D eigenvalue weighted by molar-refractivity contribution is 14.0. The summed E-state index contributed by atoms with van der Waals surface area (Å²) < 4.78 is 5.78. The van der Waals surface area contributed by atoms with E-state index in [1.54, 1.807) is 0 Å². The summed E-state index contributed by atoms with van der Waals surface area (Å²) in [5.74, 6) is 1.99. The molecule has 6 nitrogen and oxygen atoms in total. The number of hydrogen-bond donors (Lipinski definition) is 2. The number of aliphatic imine (C=N–C) groups is 1. The van der Waals surface area contributed by atoms with Gasteiger partial charge in [-0.15, -0.1) is 24.0 Å². The molecule has 154 valence electrons. The number of hydrogen-bond acceptors (Lipinski definition) is 4. The molecule has 1 aliphatic heterocycles. The van der Waals surface area contributed by atoms with Gasteiger partial charge in [-0.3, -0.25) is 9.89 Å².